The molecule has 0 bridgehead atoms. The van der Waals surface area contributed by atoms with Gasteiger partial charge in [0.25, 0.3) is 0 Å². The summed E-state index contributed by atoms with van der Waals surface area (Å²) in [4.78, 5) is 0.157. The summed E-state index contributed by atoms with van der Waals surface area (Å²) >= 11 is 0. The first-order valence-electron chi connectivity index (χ1n) is 6.22. The number of aliphatic hydroxyl groups is 1. The summed E-state index contributed by atoms with van der Waals surface area (Å²) in [6, 6.07) is 6.22. The van der Waals surface area contributed by atoms with E-state index in [1.54, 1.807) is 12.1 Å². The van der Waals surface area contributed by atoms with E-state index in [9.17, 15) is 8.42 Å². The smallest absolute Gasteiger partial charge is 0.240 e. The highest BCUT2D eigenvalue weighted by molar-refractivity contribution is 7.89. The second-order valence-electron chi connectivity index (χ2n) is 4.88. The lowest BCUT2D eigenvalue weighted by Crippen LogP contribution is -2.30. The molecule has 0 spiro atoms. The lowest BCUT2D eigenvalue weighted by molar-refractivity contribution is 0.198. The number of hydrogen-bond donors (Lipinski definition) is 2. The van der Waals surface area contributed by atoms with Crippen molar-refractivity contribution in [3.05, 3.63) is 24.3 Å². The molecule has 2 N–H and O–H groups in total. The maximum atomic E-state index is 11.9. The van der Waals surface area contributed by atoms with E-state index in [1.807, 2.05) is 13.8 Å². The molecule has 0 aromatic heterocycles. The molecule has 1 unspecified atom stereocenters. The summed E-state index contributed by atoms with van der Waals surface area (Å²) in [6.07, 6.45) is -0.719. The number of aliphatic hydroxyl groups excluding tert-OH is 1. The fraction of sp³-hybridized carbons (Fsp3) is 0.538. The van der Waals surface area contributed by atoms with Gasteiger partial charge >= 0.3 is 0 Å². The van der Waals surface area contributed by atoms with Crippen LogP contribution >= 0.6 is 0 Å². The molecule has 0 fully saturated rings. The third kappa shape index (κ3) is 5.59. The molecule has 6 heteroatoms. The minimum Gasteiger partial charge on any atom is -0.493 e. The van der Waals surface area contributed by atoms with Crippen LogP contribution in [0.25, 0.3) is 0 Å². The number of ether oxygens (including phenoxy) is 1. The highest BCUT2D eigenvalue weighted by atomic mass is 32.2. The average Bonchev–Trinajstić information content (AvgIpc) is 2.34. The first-order valence-corrected chi connectivity index (χ1v) is 7.70. The molecule has 19 heavy (non-hydrogen) atoms. The number of hydrogen-bond acceptors (Lipinski definition) is 4. The lowest BCUT2D eigenvalue weighted by Gasteiger charge is -2.10. The first kappa shape index (κ1) is 15.9. The van der Waals surface area contributed by atoms with E-state index in [1.165, 1.54) is 19.1 Å². The Bertz CT molecular complexity index is 480. The zero-order valence-corrected chi connectivity index (χ0v) is 12.3. The predicted molar refractivity (Wildman–Crippen MR) is 73.6 cm³/mol. The molecule has 1 atom stereocenters. The van der Waals surface area contributed by atoms with E-state index in [2.05, 4.69) is 4.72 Å². The predicted octanol–water partition coefficient (Wildman–Crippen LogP) is 1.38. The van der Waals surface area contributed by atoms with Crippen molar-refractivity contribution in [2.45, 2.75) is 31.8 Å². The zero-order chi connectivity index (χ0) is 14.5. The maximum Gasteiger partial charge on any atom is 0.240 e. The van der Waals surface area contributed by atoms with Gasteiger partial charge in [-0.15, -0.1) is 0 Å². The molecular weight excluding hydrogens is 266 g/mol. The Balaban J connectivity index is 2.69. The molecule has 0 amide bonds. The van der Waals surface area contributed by atoms with Crippen molar-refractivity contribution in [3.8, 4) is 5.75 Å². The quantitative estimate of drug-likeness (QED) is 0.794. The third-order valence-electron chi connectivity index (χ3n) is 2.29. The van der Waals surface area contributed by atoms with Gasteiger partial charge in [-0.2, -0.15) is 0 Å². The van der Waals surface area contributed by atoms with Crippen LogP contribution in [0.2, 0.25) is 0 Å². The monoisotopic (exact) mass is 287 g/mol. The van der Waals surface area contributed by atoms with Crippen molar-refractivity contribution in [3.63, 3.8) is 0 Å². The van der Waals surface area contributed by atoms with Crippen LogP contribution in [-0.4, -0.2) is 32.8 Å². The highest BCUT2D eigenvalue weighted by Crippen LogP contribution is 2.16. The van der Waals surface area contributed by atoms with Gasteiger partial charge in [0.05, 0.1) is 17.6 Å². The van der Waals surface area contributed by atoms with Gasteiger partial charge in [-0.3, -0.25) is 0 Å². The van der Waals surface area contributed by atoms with Crippen molar-refractivity contribution < 1.29 is 18.3 Å². The van der Waals surface area contributed by atoms with Crippen LogP contribution in [0.15, 0.2) is 29.2 Å². The van der Waals surface area contributed by atoms with Gasteiger partial charge in [0.15, 0.2) is 0 Å². The van der Waals surface area contributed by atoms with Gasteiger partial charge in [-0.05, 0) is 37.1 Å². The largest absolute Gasteiger partial charge is 0.493 e. The van der Waals surface area contributed by atoms with Gasteiger partial charge in [0, 0.05) is 6.54 Å². The molecule has 0 aliphatic rings. The summed E-state index contributed by atoms with van der Waals surface area (Å²) in [5.74, 6) is 1.05. The van der Waals surface area contributed by atoms with Crippen LogP contribution in [0.3, 0.4) is 0 Å². The third-order valence-corrected chi connectivity index (χ3v) is 3.73. The molecule has 1 rings (SSSR count). The van der Waals surface area contributed by atoms with Gasteiger partial charge in [-0.1, -0.05) is 13.8 Å². The van der Waals surface area contributed by atoms with Crippen LogP contribution in [0.1, 0.15) is 20.8 Å². The topological polar surface area (TPSA) is 75.6 Å². The Morgan fingerprint density at radius 2 is 1.79 bits per heavy atom. The van der Waals surface area contributed by atoms with Gasteiger partial charge in [0.1, 0.15) is 5.75 Å². The maximum absolute atomic E-state index is 11.9. The molecule has 5 nitrogen and oxygen atoms in total. The molecule has 0 heterocycles. The van der Waals surface area contributed by atoms with Crippen LogP contribution < -0.4 is 9.46 Å². The summed E-state index contributed by atoms with van der Waals surface area (Å²) in [6.45, 7) is 6.18. The van der Waals surface area contributed by atoms with Crippen LogP contribution in [-0.2, 0) is 10.0 Å². The second kappa shape index (κ2) is 6.88. The Hall–Kier alpha value is -1.11. The standard InChI is InChI=1S/C13H21NO4S/c1-10(2)9-18-12-4-6-13(7-5-12)19(16,17)14-8-11(3)15/h4-7,10-11,14-15H,8-9H2,1-3H3. The summed E-state index contributed by atoms with van der Waals surface area (Å²) in [5.41, 5.74) is 0. The van der Waals surface area contributed by atoms with Crippen molar-refractivity contribution in [1.29, 1.82) is 0 Å². The SMILES string of the molecule is CC(C)COc1ccc(S(=O)(=O)NCC(C)O)cc1. The van der Waals surface area contributed by atoms with E-state index in [0.29, 0.717) is 18.3 Å². The zero-order valence-electron chi connectivity index (χ0n) is 11.5. The number of sulfonamides is 1. The van der Waals surface area contributed by atoms with Crippen LogP contribution in [0, 0.1) is 5.92 Å². The molecule has 0 radical (unpaired) electrons. The lowest BCUT2D eigenvalue weighted by atomic mass is 10.2. The van der Waals surface area contributed by atoms with Crippen LogP contribution in [0.5, 0.6) is 5.75 Å². The van der Waals surface area contributed by atoms with Gasteiger partial charge in [0.2, 0.25) is 10.0 Å². The van der Waals surface area contributed by atoms with E-state index < -0.39 is 16.1 Å². The Morgan fingerprint density at radius 1 is 1.21 bits per heavy atom. The molecule has 0 saturated heterocycles. The summed E-state index contributed by atoms with van der Waals surface area (Å²) < 4.78 is 31.5. The molecule has 0 saturated carbocycles. The normalized spacial score (nSPS) is 13.5. The molecule has 0 aliphatic heterocycles. The Morgan fingerprint density at radius 3 is 2.26 bits per heavy atom. The first-order chi connectivity index (χ1) is 8.81. The Labute approximate surface area is 114 Å². The molecular formula is C13H21NO4S. The number of nitrogens with one attached hydrogen (secondary N) is 1. The number of benzene rings is 1. The van der Waals surface area contributed by atoms with Crippen LogP contribution in [0.4, 0.5) is 0 Å². The average molecular weight is 287 g/mol. The molecule has 1 aromatic carbocycles. The Kier molecular flexibility index (Phi) is 5.78. The van der Waals surface area contributed by atoms with E-state index >= 15 is 0 Å². The van der Waals surface area contributed by atoms with Crippen molar-refractivity contribution in [2.75, 3.05) is 13.2 Å². The summed E-state index contributed by atoms with van der Waals surface area (Å²) in [7, 11) is -3.57. The second-order valence-corrected chi connectivity index (χ2v) is 6.64. The minimum absolute atomic E-state index is 0.00602. The summed E-state index contributed by atoms with van der Waals surface area (Å²) in [5, 5.41) is 9.08. The van der Waals surface area contributed by atoms with Crippen molar-refractivity contribution in [2.24, 2.45) is 5.92 Å². The van der Waals surface area contributed by atoms with Gasteiger partial charge in [-0.25, -0.2) is 13.1 Å². The van der Waals surface area contributed by atoms with Gasteiger partial charge < -0.3 is 9.84 Å². The van der Waals surface area contributed by atoms with Crippen molar-refractivity contribution in [1.82, 2.24) is 4.72 Å². The molecule has 0 aliphatic carbocycles. The molecule has 108 valence electrons. The molecule has 1 aromatic rings. The minimum atomic E-state index is -3.57. The van der Waals surface area contributed by atoms with E-state index in [-0.39, 0.29) is 11.4 Å². The fourth-order valence-corrected chi connectivity index (χ4v) is 2.41. The van der Waals surface area contributed by atoms with E-state index in [4.69, 9.17) is 9.84 Å². The fourth-order valence-electron chi connectivity index (χ4n) is 1.29. The number of rotatable bonds is 7. The van der Waals surface area contributed by atoms with Crippen molar-refractivity contribution >= 4 is 10.0 Å². The highest BCUT2D eigenvalue weighted by Gasteiger charge is 2.14. The van der Waals surface area contributed by atoms with E-state index in [0.717, 1.165) is 0 Å².